The minimum Gasteiger partial charge on any atom is -0.493 e. The van der Waals surface area contributed by atoms with Crippen LogP contribution in [0.4, 0.5) is 0 Å². The molecular weight excluding hydrogens is 380 g/mol. The molecule has 0 aromatic heterocycles. The summed E-state index contributed by atoms with van der Waals surface area (Å²) in [6.45, 7) is 4.16. The molecule has 164 valence electrons. The quantitative estimate of drug-likeness (QED) is 0.658. The third-order valence-electron chi connectivity index (χ3n) is 6.46. The van der Waals surface area contributed by atoms with E-state index in [0.717, 1.165) is 44.1 Å². The van der Waals surface area contributed by atoms with E-state index in [-0.39, 0.29) is 36.5 Å². The Balaban J connectivity index is 1.67. The summed E-state index contributed by atoms with van der Waals surface area (Å²) in [5.41, 5.74) is 0.812. The molecule has 30 heavy (non-hydrogen) atoms. The standard InChI is InChI=1S/C24H34N2O4/c1-16(2)30-20-13-10-17(14-21(20)29-3)23-24(28)25(18-8-6-4-5-7-9-18)15-22(27)26(23)19-11-12-19/h10,13-14,16,18-19,23H,4-9,11-12,15H2,1-3H3/t23-/m0/s1. The third-order valence-corrected chi connectivity index (χ3v) is 6.46. The number of carbonyl (C=O) groups is 2. The maximum absolute atomic E-state index is 13.7. The Kier molecular flexibility index (Phi) is 6.21. The summed E-state index contributed by atoms with van der Waals surface area (Å²) in [4.78, 5) is 30.7. The van der Waals surface area contributed by atoms with Crippen LogP contribution in [0, 0.1) is 0 Å². The van der Waals surface area contributed by atoms with Gasteiger partial charge < -0.3 is 19.3 Å². The van der Waals surface area contributed by atoms with Crippen molar-refractivity contribution in [2.24, 2.45) is 0 Å². The molecule has 3 fully saturated rings. The van der Waals surface area contributed by atoms with E-state index in [4.69, 9.17) is 9.47 Å². The summed E-state index contributed by atoms with van der Waals surface area (Å²) in [5.74, 6) is 1.40. The van der Waals surface area contributed by atoms with Gasteiger partial charge >= 0.3 is 0 Å². The van der Waals surface area contributed by atoms with E-state index in [9.17, 15) is 9.59 Å². The van der Waals surface area contributed by atoms with Crippen LogP contribution in [0.3, 0.4) is 0 Å². The van der Waals surface area contributed by atoms with Crippen molar-refractivity contribution in [3.05, 3.63) is 23.8 Å². The van der Waals surface area contributed by atoms with E-state index >= 15 is 0 Å². The van der Waals surface area contributed by atoms with Crippen molar-refractivity contribution >= 4 is 11.8 Å². The maximum atomic E-state index is 13.7. The van der Waals surface area contributed by atoms with Gasteiger partial charge in [0.1, 0.15) is 12.6 Å². The highest BCUT2D eigenvalue weighted by molar-refractivity contribution is 5.96. The zero-order valence-electron chi connectivity index (χ0n) is 18.4. The average Bonchev–Trinajstić information content (AvgIpc) is 3.56. The normalized spacial score (nSPS) is 23.7. The second-order valence-corrected chi connectivity index (χ2v) is 9.12. The molecular formula is C24H34N2O4. The molecule has 2 amide bonds. The van der Waals surface area contributed by atoms with Crippen LogP contribution in [-0.2, 0) is 9.59 Å². The molecule has 2 saturated carbocycles. The number of hydrogen-bond acceptors (Lipinski definition) is 4. The van der Waals surface area contributed by atoms with Crippen LogP contribution >= 0.6 is 0 Å². The molecule has 1 atom stereocenters. The molecule has 6 nitrogen and oxygen atoms in total. The first kappa shape index (κ1) is 21.0. The maximum Gasteiger partial charge on any atom is 0.250 e. The monoisotopic (exact) mass is 414 g/mol. The van der Waals surface area contributed by atoms with Crippen molar-refractivity contribution in [3.8, 4) is 11.5 Å². The van der Waals surface area contributed by atoms with Gasteiger partial charge in [0, 0.05) is 12.1 Å². The van der Waals surface area contributed by atoms with E-state index in [0.29, 0.717) is 11.5 Å². The van der Waals surface area contributed by atoms with Crippen LogP contribution in [-0.4, -0.2) is 53.5 Å². The second-order valence-electron chi connectivity index (χ2n) is 9.12. The largest absolute Gasteiger partial charge is 0.493 e. The lowest BCUT2D eigenvalue weighted by atomic mass is 9.97. The van der Waals surface area contributed by atoms with Crippen LogP contribution in [0.1, 0.15) is 76.8 Å². The number of carbonyl (C=O) groups excluding carboxylic acids is 2. The molecule has 1 heterocycles. The van der Waals surface area contributed by atoms with Crippen LogP contribution in [0.25, 0.3) is 0 Å². The van der Waals surface area contributed by atoms with Crippen LogP contribution in [0.15, 0.2) is 18.2 Å². The Morgan fingerprint density at radius 1 is 0.933 bits per heavy atom. The molecule has 1 aromatic rings. The Bertz CT molecular complexity index is 781. The molecule has 0 unspecified atom stereocenters. The van der Waals surface area contributed by atoms with Gasteiger partial charge in [0.2, 0.25) is 5.91 Å². The number of nitrogens with zero attached hydrogens (tertiary/aromatic N) is 2. The van der Waals surface area contributed by atoms with Crippen molar-refractivity contribution in [2.75, 3.05) is 13.7 Å². The van der Waals surface area contributed by atoms with E-state index in [1.54, 1.807) is 7.11 Å². The minimum absolute atomic E-state index is 0.0244. The number of benzene rings is 1. The molecule has 0 spiro atoms. The number of amides is 2. The first-order valence-corrected chi connectivity index (χ1v) is 11.5. The number of piperazine rings is 1. The molecule has 1 saturated heterocycles. The van der Waals surface area contributed by atoms with E-state index in [1.807, 2.05) is 41.8 Å². The van der Waals surface area contributed by atoms with E-state index in [1.165, 1.54) is 12.8 Å². The Morgan fingerprint density at radius 3 is 2.23 bits per heavy atom. The van der Waals surface area contributed by atoms with Gasteiger partial charge in [0.05, 0.1) is 13.2 Å². The van der Waals surface area contributed by atoms with Gasteiger partial charge in [-0.2, -0.15) is 0 Å². The first-order chi connectivity index (χ1) is 14.5. The van der Waals surface area contributed by atoms with Gasteiger partial charge in [-0.15, -0.1) is 0 Å². The van der Waals surface area contributed by atoms with Crippen LogP contribution in [0.2, 0.25) is 0 Å². The molecule has 3 aliphatic rings. The van der Waals surface area contributed by atoms with Crippen LogP contribution < -0.4 is 9.47 Å². The van der Waals surface area contributed by atoms with Crippen molar-refractivity contribution in [3.63, 3.8) is 0 Å². The lowest BCUT2D eigenvalue weighted by molar-refractivity contribution is -0.159. The molecule has 2 aliphatic carbocycles. The Morgan fingerprint density at radius 2 is 1.63 bits per heavy atom. The summed E-state index contributed by atoms with van der Waals surface area (Å²) in [5, 5.41) is 0. The number of hydrogen-bond donors (Lipinski definition) is 0. The number of rotatable bonds is 6. The second kappa shape index (κ2) is 8.86. The lowest BCUT2D eigenvalue weighted by Crippen LogP contribution is -2.58. The minimum atomic E-state index is -0.566. The summed E-state index contributed by atoms with van der Waals surface area (Å²) < 4.78 is 11.4. The smallest absolute Gasteiger partial charge is 0.250 e. The van der Waals surface area contributed by atoms with Gasteiger partial charge in [-0.05, 0) is 57.2 Å². The molecule has 6 heteroatoms. The Labute approximate surface area is 179 Å². The summed E-state index contributed by atoms with van der Waals surface area (Å²) in [7, 11) is 1.61. The predicted molar refractivity (Wildman–Crippen MR) is 115 cm³/mol. The lowest BCUT2D eigenvalue weighted by Gasteiger charge is -2.44. The molecule has 0 N–H and O–H groups in total. The van der Waals surface area contributed by atoms with Gasteiger partial charge in [-0.25, -0.2) is 0 Å². The zero-order chi connectivity index (χ0) is 21.3. The molecule has 1 aromatic carbocycles. The van der Waals surface area contributed by atoms with Gasteiger partial charge in [-0.3, -0.25) is 9.59 Å². The van der Waals surface area contributed by atoms with Crippen LogP contribution in [0.5, 0.6) is 11.5 Å². The van der Waals surface area contributed by atoms with Crippen molar-refractivity contribution in [1.82, 2.24) is 9.80 Å². The third kappa shape index (κ3) is 4.28. The topological polar surface area (TPSA) is 59.1 Å². The first-order valence-electron chi connectivity index (χ1n) is 11.5. The molecule has 0 bridgehead atoms. The SMILES string of the molecule is COc1cc([C@H]2C(=O)N(C3CCCCCC3)CC(=O)N2C2CC2)ccc1OC(C)C. The van der Waals surface area contributed by atoms with Gasteiger partial charge in [0.15, 0.2) is 11.5 Å². The highest BCUT2D eigenvalue weighted by Gasteiger charge is 2.48. The van der Waals surface area contributed by atoms with Gasteiger partial charge in [0.25, 0.3) is 5.91 Å². The van der Waals surface area contributed by atoms with Crippen molar-refractivity contribution in [1.29, 1.82) is 0 Å². The van der Waals surface area contributed by atoms with E-state index in [2.05, 4.69) is 0 Å². The Hall–Kier alpha value is -2.24. The number of methoxy groups -OCH3 is 1. The average molecular weight is 415 g/mol. The molecule has 4 rings (SSSR count). The predicted octanol–water partition coefficient (Wildman–Crippen LogP) is 4.08. The summed E-state index contributed by atoms with van der Waals surface area (Å²) in [6.07, 6.45) is 8.69. The fourth-order valence-electron chi connectivity index (χ4n) is 4.88. The molecule has 1 aliphatic heterocycles. The van der Waals surface area contributed by atoms with Gasteiger partial charge in [-0.1, -0.05) is 31.7 Å². The fourth-order valence-corrected chi connectivity index (χ4v) is 4.88. The zero-order valence-corrected chi connectivity index (χ0v) is 18.4. The summed E-state index contributed by atoms with van der Waals surface area (Å²) >= 11 is 0. The highest BCUT2D eigenvalue weighted by Crippen LogP contribution is 2.41. The van der Waals surface area contributed by atoms with E-state index < -0.39 is 6.04 Å². The highest BCUT2D eigenvalue weighted by atomic mass is 16.5. The van der Waals surface area contributed by atoms with Crippen molar-refractivity contribution < 1.29 is 19.1 Å². The number of ether oxygens (including phenoxy) is 2. The summed E-state index contributed by atoms with van der Waals surface area (Å²) in [6, 6.07) is 5.45. The fraction of sp³-hybridized carbons (Fsp3) is 0.667. The van der Waals surface area contributed by atoms with Crippen molar-refractivity contribution in [2.45, 2.75) is 89.4 Å². The molecule has 0 radical (unpaired) electrons.